The molecule has 0 fully saturated rings. The van der Waals surface area contributed by atoms with Gasteiger partial charge in [0, 0.05) is 19.4 Å². The first-order valence-corrected chi connectivity index (χ1v) is 10.7. The summed E-state index contributed by atoms with van der Waals surface area (Å²) >= 11 is 2.58. The Bertz CT molecular complexity index is 1230. The predicted molar refractivity (Wildman–Crippen MR) is 116 cm³/mol. The molecule has 0 spiro atoms. The van der Waals surface area contributed by atoms with Crippen LogP contribution < -0.4 is 10.9 Å². The topological polar surface area (TPSA) is 108 Å². The summed E-state index contributed by atoms with van der Waals surface area (Å²) < 4.78 is 3.88. The van der Waals surface area contributed by atoms with Gasteiger partial charge in [-0.3, -0.25) is 24.2 Å². The van der Waals surface area contributed by atoms with E-state index in [-0.39, 0.29) is 22.9 Å². The summed E-state index contributed by atoms with van der Waals surface area (Å²) in [5, 5.41) is 11.5. The number of carbonyl (C=O) groups is 1. The summed E-state index contributed by atoms with van der Waals surface area (Å²) in [6.45, 7) is 1.79. The summed E-state index contributed by atoms with van der Waals surface area (Å²) in [4.78, 5) is 33.5. The van der Waals surface area contributed by atoms with Gasteiger partial charge >= 0.3 is 0 Å². The molecule has 4 rings (SSSR count). The van der Waals surface area contributed by atoms with Crippen molar-refractivity contribution in [3.8, 4) is 16.4 Å². The number of hydrogen-bond acceptors (Lipinski definition) is 8. The molecule has 0 aliphatic heterocycles. The fourth-order valence-electron chi connectivity index (χ4n) is 2.80. The maximum Gasteiger partial charge on any atom is 0.295 e. The van der Waals surface area contributed by atoms with Crippen LogP contribution in [0.1, 0.15) is 5.69 Å². The average Bonchev–Trinajstić information content (AvgIpc) is 3.33. The summed E-state index contributed by atoms with van der Waals surface area (Å²) in [7, 11) is 1.78. The van der Waals surface area contributed by atoms with Crippen LogP contribution in [0.3, 0.4) is 0 Å². The van der Waals surface area contributed by atoms with Gasteiger partial charge in [-0.1, -0.05) is 41.3 Å². The van der Waals surface area contributed by atoms with E-state index in [0.29, 0.717) is 20.7 Å². The van der Waals surface area contributed by atoms with E-state index in [1.54, 1.807) is 37.2 Å². The molecule has 0 bridgehead atoms. The number of para-hydroxylation sites is 1. The van der Waals surface area contributed by atoms with Crippen molar-refractivity contribution in [2.24, 2.45) is 7.05 Å². The third-order valence-corrected chi connectivity index (χ3v) is 6.41. The van der Waals surface area contributed by atoms with E-state index in [0.717, 1.165) is 5.69 Å². The van der Waals surface area contributed by atoms with Crippen molar-refractivity contribution >= 4 is 34.7 Å². The van der Waals surface area contributed by atoms with Crippen LogP contribution in [0.25, 0.3) is 16.4 Å². The van der Waals surface area contributed by atoms with E-state index in [4.69, 9.17) is 0 Å². The molecule has 1 aromatic carbocycles. The monoisotopic (exact) mass is 439 g/mol. The quantitative estimate of drug-likeness (QED) is 0.460. The lowest BCUT2D eigenvalue weighted by Gasteiger charge is -2.07. The Morgan fingerprint density at radius 3 is 2.73 bits per heavy atom. The van der Waals surface area contributed by atoms with E-state index in [9.17, 15) is 9.59 Å². The van der Waals surface area contributed by atoms with Crippen LogP contribution in [0.4, 0.5) is 5.69 Å². The van der Waals surface area contributed by atoms with Crippen molar-refractivity contribution in [3.05, 3.63) is 65.0 Å². The van der Waals surface area contributed by atoms with Gasteiger partial charge in [-0.2, -0.15) is 0 Å². The van der Waals surface area contributed by atoms with E-state index in [1.807, 2.05) is 30.3 Å². The van der Waals surface area contributed by atoms with Crippen molar-refractivity contribution in [2.75, 3.05) is 11.1 Å². The Morgan fingerprint density at radius 2 is 2.00 bits per heavy atom. The zero-order valence-electron chi connectivity index (χ0n) is 16.1. The van der Waals surface area contributed by atoms with Crippen molar-refractivity contribution in [2.45, 2.75) is 11.3 Å². The molecule has 11 heteroatoms. The normalized spacial score (nSPS) is 10.9. The Kier molecular flexibility index (Phi) is 5.72. The zero-order chi connectivity index (χ0) is 21.1. The summed E-state index contributed by atoms with van der Waals surface area (Å²) in [6, 6.07) is 9.28. The molecule has 0 atom stereocenters. The number of aromatic nitrogens is 6. The molecule has 0 saturated carbocycles. The second-order valence-corrected chi connectivity index (χ2v) is 8.44. The van der Waals surface area contributed by atoms with E-state index < -0.39 is 0 Å². The molecule has 0 unspecified atom stereocenters. The number of amides is 1. The molecule has 0 saturated heterocycles. The molecule has 3 heterocycles. The molecule has 0 aliphatic rings. The van der Waals surface area contributed by atoms with Crippen molar-refractivity contribution in [1.29, 1.82) is 0 Å². The van der Waals surface area contributed by atoms with E-state index >= 15 is 0 Å². The highest BCUT2D eigenvalue weighted by Crippen LogP contribution is 2.27. The predicted octanol–water partition coefficient (Wildman–Crippen LogP) is 2.52. The van der Waals surface area contributed by atoms with Crippen LogP contribution >= 0.6 is 23.1 Å². The minimum atomic E-state index is -0.290. The van der Waals surface area contributed by atoms with Crippen molar-refractivity contribution < 1.29 is 4.79 Å². The molecule has 1 amide bonds. The van der Waals surface area contributed by atoms with Crippen LogP contribution in [0.15, 0.2) is 58.1 Å². The third kappa shape index (κ3) is 4.02. The van der Waals surface area contributed by atoms with Gasteiger partial charge < -0.3 is 5.32 Å². The smallest absolute Gasteiger partial charge is 0.295 e. The van der Waals surface area contributed by atoms with Gasteiger partial charge in [0.25, 0.3) is 5.56 Å². The molecular formula is C19H17N7O2S2. The average molecular weight is 440 g/mol. The maximum atomic E-state index is 12.9. The summed E-state index contributed by atoms with van der Waals surface area (Å²) in [5.41, 5.74) is 2.02. The van der Waals surface area contributed by atoms with Crippen molar-refractivity contribution in [3.63, 3.8) is 0 Å². The zero-order valence-corrected chi connectivity index (χ0v) is 17.8. The number of nitrogens with zero attached hydrogens (tertiary/aromatic N) is 6. The molecule has 0 radical (unpaired) electrons. The number of carbonyl (C=O) groups excluding carboxylic acids is 1. The number of anilines is 1. The maximum absolute atomic E-state index is 12.9. The second kappa shape index (κ2) is 8.59. The first kappa shape index (κ1) is 20.0. The van der Waals surface area contributed by atoms with Gasteiger partial charge in [-0.05, 0) is 19.1 Å². The summed E-state index contributed by atoms with van der Waals surface area (Å²) in [6.07, 6.45) is 4.78. The number of thioether (sulfide) groups is 1. The minimum Gasteiger partial charge on any atom is -0.319 e. The van der Waals surface area contributed by atoms with Gasteiger partial charge in [-0.25, -0.2) is 4.68 Å². The fourth-order valence-corrected chi connectivity index (χ4v) is 4.41. The lowest BCUT2D eigenvalue weighted by Crippen LogP contribution is -2.23. The summed E-state index contributed by atoms with van der Waals surface area (Å²) in [5.74, 6) is -0.184. The molecule has 152 valence electrons. The second-order valence-electron chi connectivity index (χ2n) is 6.24. The number of nitrogens with one attached hydrogen (secondary N) is 1. The Morgan fingerprint density at radius 1 is 1.20 bits per heavy atom. The third-order valence-electron chi connectivity index (χ3n) is 4.33. The van der Waals surface area contributed by atoms with Crippen LogP contribution in [0, 0.1) is 6.92 Å². The highest BCUT2D eigenvalue weighted by atomic mass is 32.2. The van der Waals surface area contributed by atoms with Gasteiger partial charge in [0.15, 0.2) is 9.35 Å². The molecule has 1 N–H and O–H groups in total. The van der Waals surface area contributed by atoms with Gasteiger partial charge in [0.1, 0.15) is 11.4 Å². The standard InChI is InChI=1S/C19H17N7O2S2/c1-12-16(18(28)26(25(12)2)13-6-4-3-5-7-13)22-15(27)11-29-19-24-23-17(30-19)14-10-20-8-9-21-14/h3-10H,11H2,1-2H3,(H,22,27). The highest BCUT2D eigenvalue weighted by molar-refractivity contribution is 8.01. The van der Waals surface area contributed by atoms with Gasteiger partial charge in [-0.15, -0.1) is 10.2 Å². The molecule has 3 aromatic heterocycles. The Labute approximate surface area is 179 Å². The minimum absolute atomic E-state index is 0.105. The molecule has 9 nitrogen and oxygen atoms in total. The molecule has 0 aliphatic carbocycles. The molecular weight excluding hydrogens is 422 g/mol. The highest BCUT2D eigenvalue weighted by Gasteiger charge is 2.18. The van der Waals surface area contributed by atoms with Crippen molar-refractivity contribution in [1.82, 2.24) is 29.5 Å². The lowest BCUT2D eigenvalue weighted by atomic mass is 10.3. The Balaban J connectivity index is 1.45. The lowest BCUT2D eigenvalue weighted by molar-refractivity contribution is -0.113. The van der Waals surface area contributed by atoms with Crippen LogP contribution in [0.5, 0.6) is 0 Å². The van der Waals surface area contributed by atoms with Crippen LogP contribution in [0.2, 0.25) is 0 Å². The molecule has 4 aromatic rings. The van der Waals surface area contributed by atoms with Gasteiger partial charge in [0.05, 0.1) is 23.3 Å². The fraction of sp³-hybridized carbons (Fsp3) is 0.158. The number of benzene rings is 1. The first-order valence-electron chi connectivity index (χ1n) is 8.91. The molecule has 30 heavy (non-hydrogen) atoms. The Hall–Kier alpha value is -3.31. The van der Waals surface area contributed by atoms with E-state index in [2.05, 4.69) is 25.5 Å². The number of rotatable bonds is 6. The number of hydrogen-bond donors (Lipinski definition) is 1. The van der Waals surface area contributed by atoms with Crippen LogP contribution in [-0.2, 0) is 11.8 Å². The van der Waals surface area contributed by atoms with Gasteiger partial charge in [0.2, 0.25) is 5.91 Å². The SMILES string of the molecule is Cc1c(NC(=O)CSc2nnc(-c3cnccn3)s2)c(=O)n(-c2ccccc2)n1C. The van der Waals surface area contributed by atoms with Crippen LogP contribution in [-0.4, -0.2) is 41.2 Å². The van der Waals surface area contributed by atoms with E-state index in [1.165, 1.54) is 27.8 Å². The largest absolute Gasteiger partial charge is 0.319 e. The first-order chi connectivity index (χ1) is 14.5.